The number of H-pyrrole nitrogens is 2. The van der Waals surface area contributed by atoms with Crippen molar-refractivity contribution in [2.75, 3.05) is 13.1 Å². The molecule has 17 nitrogen and oxygen atoms in total. The molecule has 0 unspecified atom stereocenters. The van der Waals surface area contributed by atoms with Crippen LogP contribution in [0, 0.1) is 29.6 Å². The van der Waals surface area contributed by atoms with Gasteiger partial charge in [0.2, 0.25) is 35.4 Å². The van der Waals surface area contributed by atoms with E-state index < -0.39 is 60.3 Å². The number of aromatic nitrogens is 2. The number of para-hydroxylation sites is 2. The number of nitrogens with zero attached hydrogens (tertiary/aromatic N) is 1. The molecule has 1 aliphatic rings. The van der Waals surface area contributed by atoms with E-state index in [1.807, 2.05) is 102 Å². The number of rotatable bonds is 22. The molecule has 3 heterocycles. The minimum absolute atomic E-state index is 0.0511. The molecule has 6 amide bonds. The maximum atomic E-state index is 13.5. The van der Waals surface area contributed by atoms with Crippen LogP contribution in [-0.4, -0.2) is 110 Å². The first-order valence-corrected chi connectivity index (χ1v) is 24.2. The molecular formula is C52H74N8O9. The Morgan fingerprint density at radius 1 is 0.681 bits per heavy atom. The van der Waals surface area contributed by atoms with Crippen LogP contribution in [-0.2, 0) is 51.2 Å². The van der Waals surface area contributed by atoms with Gasteiger partial charge in [-0.3, -0.25) is 38.4 Å². The van der Waals surface area contributed by atoms with Gasteiger partial charge in [0.05, 0.1) is 12.5 Å². The summed E-state index contributed by atoms with van der Waals surface area (Å²) in [5.41, 5.74) is 3.88. The Balaban J connectivity index is 0.000000301. The summed E-state index contributed by atoms with van der Waals surface area (Å²) in [5.74, 6) is -4.25. The van der Waals surface area contributed by atoms with E-state index in [2.05, 4.69) is 36.6 Å². The number of hydrogen-bond donors (Lipinski definition) is 8. The second kappa shape index (κ2) is 25.7. The number of hydrogen-bond acceptors (Lipinski definition) is 8. The number of nitrogens with one attached hydrogen (secondary N) is 7. The molecule has 376 valence electrons. The number of carbonyl (C=O) groups is 8. The molecule has 4 aromatic rings. The summed E-state index contributed by atoms with van der Waals surface area (Å²) < 4.78 is 0. The van der Waals surface area contributed by atoms with E-state index in [9.17, 15) is 38.4 Å². The summed E-state index contributed by atoms with van der Waals surface area (Å²) in [6.07, 6.45) is 6.06. The third-order valence-corrected chi connectivity index (χ3v) is 12.3. The van der Waals surface area contributed by atoms with E-state index in [4.69, 9.17) is 5.11 Å². The van der Waals surface area contributed by atoms with Crippen LogP contribution in [0.2, 0.25) is 0 Å². The van der Waals surface area contributed by atoms with Gasteiger partial charge in [-0.2, -0.15) is 0 Å². The molecule has 8 N–H and O–H groups in total. The van der Waals surface area contributed by atoms with Gasteiger partial charge < -0.3 is 46.6 Å². The maximum absolute atomic E-state index is 13.5. The number of carboxylic acids is 1. The molecule has 2 aromatic carbocycles. The second-order valence-corrected chi connectivity index (χ2v) is 19.5. The quantitative estimate of drug-likeness (QED) is 0.0516. The summed E-state index contributed by atoms with van der Waals surface area (Å²) in [4.78, 5) is 109. The van der Waals surface area contributed by atoms with Crippen LogP contribution < -0.4 is 26.6 Å². The number of carbonyl (C=O) groups excluding carboxylic acids is 7. The number of Topliss-reactive ketones (excluding diaryl/α,β-unsaturated/α-hetero) is 1. The van der Waals surface area contributed by atoms with Gasteiger partial charge in [0, 0.05) is 72.5 Å². The van der Waals surface area contributed by atoms with Crippen molar-refractivity contribution < 1.29 is 43.5 Å². The summed E-state index contributed by atoms with van der Waals surface area (Å²) in [6.45, 7) is 19.0. The smallest absolute Gasteiger partial charge is 0.305 e. The molecule has 0 aliphatic carbocycles. The number of fused-ring (bicyclic) bond motifs is 2. The lowest BCUT2D eigenvalue weighted by Gasteiger charge is -2.32. The van der Waals surface area contributed by atoms with Gasteiger partial charge in [-0.15, -0.1) is 0 Å². The zero-order valence-electron chi connectivity index (χ0n) is 41.9. The molecule has 0 spiro atoms. The average molecular weight is 955 g/mol. The zero-order chi connectivity index (χ0) is 51.1. The van der Waals surface area contributed by atoms with Crippen molar-refractivity contribution in [1.29, 1.82) is 0 Å². The molecule has 0 radical (unpaired) electrons. The van der Waals surface area contributed by atoms with Crippen LogP contribution in [0.1, 0.15) is 106 Å². The Kier molecular flexibility index (Phi) is 20.5. The Morgan fingerprint density at radius 3 is 1.74 bits per heavy atom. The number of ketones is 1. The van der Waals surface area contributed by atoms with Gasteiger partial charge in [-0.25, -0.2) is 0 Å². The highest BCUT2D eigenvalue weighted by atomic mass is 16.4. The summed E-state index contributed by atoms with van der Waals surface area (Å²) in [6, 6.07) is 11.5. The first-order chi connectivity index (χ1) is 32.6. The van der Waals surface area contributed by atoms with Crippen molar-refractivity contribution in [1.82, 2.24) is 41.5 Å². The Hall–Kier alpha value is -6.52. The molecule has 1 aliphatic heterocycles. The van der Waals surface area contributed by atoms with Crippen molar-refractivity contribution in [2.24, 2.45) is 29.6 Å². The van der Waals surface area contributed by atoms with Crippen molar-refractivity contribution in [2.45, 2.75) is 138 Å². The maximum Gasteiger partial charge on any atom is 0.305 e. The van der Waals surface area contributed by atoms with Crippen LogP contribution in [0.3, 0.4) is 0 Å². The summed E-state index contributed by atoms with van der Waals surface area (Å²) >= 11 is 0. The Labute approximate surface area is 405 Å². The molecule has 0 saturated carbocycles. The van der Waals surface area contributed by atoms with Crippen molar-refractivity contribution in [3.8, 4) is 0 Å². The first-order valence-electron chi connectivity index (χ1n) is 24.2. The van der Waals surface area contributed by atoms with E-state index >= 15 is 0 Å². The van der Waals surface area contributed by atoms with Crippen molar-refractivity contribution in [3.63, 3.8) is 0 Å². The van der Waals surface area contributed by atoms with E-state index in [0.29, 0.717) is 32.4 Å². The highest BCUT2D eigenvalue weighted by Crippen LogP contribution is 2.26. The molecule has 17 heteroatoms. The molecule has 6 atom stereocenters. The average Bonchev–Trinajstić information content (AvgIpc) is 4.05. The van der Waals surface area contributed by atoms with Crippen LogP contribution in [0.25, 0.3) is 21.8 Å². The molecular weight excluding hydrogens is 881 g/mol. The first kappa shape index (κ1) is 55.1. The number of benzene rings is 2. The number of likely N-dealkylation sites (N-methyl/N-ethyl adjacent to an activating group) is 1. The zero-order valence-corrected chi connectivity index (χ0v) is 41.9. The van der Waals surface area contributed by atoms with Crippen molar-refractivity contribution >= 4 is 69.0 Å². The molecule has 1 saturated heterocycles. The van der Waals surface area contributed by atoms with Gasteiger partial charge in [-0.1, -0.05) is 91.8 Å². The fraction of sp³-hybridized carbons (Fsp3) is 0.538. The third-order valence-electron chi connectivity index (χ3n) is 12.3. The Bertz CT molecular complexity index is 2420. The third kappa shape index (κ3) is 15.5. The second-order valence-electron chi connectivity index (χ2n) is 19.5. The van der Waals surface area contributed by atoms with Gasteiger partial charge in [-0.05, 0) is 73.6 Å². The lowest BCUT2D eigenvalue weighted by molar-refractivity contribution is -0.143. The van der Waals surface area contributed by atoms with E-state index in [0.717, 1.165) is 39.4 Å². The molecule has 1 fully saturated rings. The number of aromatic amines is 2. The van der Waals surface area contributed by atoms with E-state index in [1.165, 1.54) is 6.92 Å². The van der Waals surface area contributed by atoms with Crippen LogP contribution in [0.4, 0.5) is 0 Å². The molecule has 69 heavy (non-hydrogen) atoms. The monoisotopic (exact) mass is 955 g/mol. The highest BCUT2D eigenvalue weighted by Gasteiger charge is 2.40. The lowest BCUT2D eigenvalue weighted by Crippen LogP contribution is -2.57. The predicted octanol–water partition coefficient (Wildman–Crippen LogP) is 5.18. The lowest BCUT2D eigenvalue weighted by atomic mass is 9.89. The summed E-state index contributed by atoms with van der Waals surface area (Å²) in [7, 11) is 0. The number of aliphatic carboxylic acids is 1. The fourth-order valence-corrected chi connectivity index (χ4v) is 8.80. The van der Waals surface area contributed by atoms with Gasteiger partial charge in [0.15, 0.2) is 5.78 Å². The fourth-order valence-electron chi connectivity index (χ4n) is 8.80. The topological polar surface area (TPSA) is 252 Å². The number of amides is 6. The van der Waals surface area contributed by atoms with E-state index in [1.54, 1.807) is 25.7 Å². The minimum Gasteiger partial charge on any atom is -0.481 e. The molecule has 0 bridgehead atoms. The van der Waals surface area contributed by atoms with Gasteiger partial charge >= 0.3 is 5.97 Å². The minimum atomic E-state index is -1.23. The number of likely N-dealkylation sites (tertiary alicyclic amines) is 1. The van der Waals surface area contributed by atoms with Gasteiger partial charge in [0.1, 0.15) is 24.2 Å². The number of carboxylic acid groups (broad SMARTS) is 1. The largest absolute Gasteiger partial charge is 0.481 e. The van der Waals surface area contributed by atoms with E-state index in [-0.39, 0.29) is 59.5 Å². The highest BCUT2D eigenvalue weighted by molar-refractivity contribution is 5.97. The predicted molar refractivity (Wildman–Crippen MR) is 266 cm³/mol. The Morgan fingerprint density at radius 2 is 1.23 bits per heavy atom. The normalized spacial score (nSPS) is 15.8. The standard InChI is InChI=1S/C26H38N4O5.C26H36N4O4/c1-6-27-25(34)21(13-22(31)32)29-26(35)23(16(4)5)30-24(33)17(11-15(2)3)12-18-14-28-20-10-8-7-9-19(18)20;1-15(2)23(26(34)30-12-8-11-22(30)24(32)16(3)4)29-25(33)21(28-17(5)31)13-18-14-27-20-10-7-6-9-19(18)20/h7-10,14-17,21,23,28H,6,11-13H2,1-5H3,(H,27,34)(H,29,35)(H,30,33)(H,31,32);6-7,9-10,14-16,21-23,27H,8,11-13H2,1-5H3,(H,28,31)(H,29,33)/t17-,21-,23-;21-,22-,23-/m00/s1. The van der Waals surface area contributed by atoms with Gasteiger partial charge in [0.25, 0.3) is 0 Å². The SMILES string of the molecule is CC(=O)N[C@@H](Cc1c[nH]c2ccccc12)C(=O)N[C@H](C(=O)N1CCC[C@H]1C(=O)C(C)C)C(C)C.CCNC(=O)[C@H](CC(=O)O)NC(=O)[C@@H](NC(=O)[C@H](Cc1c[nH]c2ccccc12)CC(C)C)C(C)C. The molecule has 5 rings (SSSR count). The van der Waals surface area contributed by atoms with Crippen LogP contribution in [0.5, 0.6) is 0 Å². The van der Waals surface area contributed by atoms with Crippen LogP contribution >= 0.6 is 0 Å². The molecule has 2 aromatic heterocycles. The van der Waals surface area contributed by atoms with Crippen LogP contribution in [0.15, 0.2) is 60.9 Å². The van der Waals surface area contributed by atoms with Crippen molar-refractivity contribution in [3.05, 3.63) is 72.1 Å². The summed E-state index contributed by atoms with van der Waals surface area (Å²) in [5, 5.41) is 24.7.